The van der Waals surface area contributed by atoms with E-state index in [1.54, 1.807) is 19.1 Å². The van der Waals surface area contributed by atoms with E-state index in [0.717, 1.165) is 30.6 Å². The Morgan fingerprint density at radius 2 is 1.89 bits per heavy atom. The number of hydrogen-bond donors (Lipinski definition) is 3. The molecule has 0 spiro atoms. The number of ether oxygens (including phenoxy) is 1. The van der Waals surface area contributed by atoms with E-state index in [-0.39, 0.29) is 23.9 Å². The summed E-state index contributed by atoms with van der Waals surface area (Å²) in [5, 5.41) is 15.8. The van der Waals surface area contributed by atoms with E-state index < -0.39 is 5.97 Å². The van der Waals surface area contributed by atoms with Gasteiger partial charge in [-0.2, -0.15) is 0 Å². The number of aromatic carboxylic acids is 1. The summed E-state index contributed by atoms with van der Waals surface area (Å²) >= 11 is 1.96. The highest BCUT2D eigenvalue weighted by molar-refractivity contribution is 7.99. The zero-order valence-corrected chi connectivity index (χ0v) is 23.8. The van der Waals surface area contributed by atoms with Crippen LogP contribution in [0, 0.1) is 5.92 Å². The second-order valence-electron chi connectivity index (χ2n) is 10.2. The highest BCUT2D eigenvalue weighted by Gasteiger charge is 2.23. The fourth-order valence-electron chi connectivity index (χ4n) is 4.86. The number of hydrogen-bond acceptors (Lipinski definition) is 6. The third kappa shape index (κ3) is 9.24. The summed E-state index contributed by atoms with van der Waals surface area (Å²) in [6.45, 7) is 9.82. The van der Waals surface area contributed by atoms with Crippen molar-refractivity contribution < 1.29 is 19.4 Å². The lowest BCUT2D eigenvalue weighted by Crippen LogP contribution is -2.34. The van der Waals surface area contributed by atoms with E-state index in [1.165, 1.54) is 49.2 Å². The topological polar surface area (TPSA) is 90.9 Å². The molecular formula is C30H43N3O4S. The number of amides is 1. The second-order valence-corrected chi connectivity index (χ2v) is 11.3. The van der Waals surface area contributed by atoms with Crippen molar-refractivity contribution in [3.63, 3.8) is 0 Å². The minimum absolute atomic E-state index is 0.0831. The number of para-hydroxylation sites is 1. The molecule has 3 N–H and O–H groups in total. The van der Waals surface area contributed by atoms with Gasteiger partial charge >= 0.3 is 5.97 Å². The van der Waals surface area contributed by atoms with Crippen molar-refractivity contribution in [3.05, 3.63) is 59.2 Å². The maximum absolute atomic E-state index is 13.1. The van der Waals surface area contributed by atoms with Gasteiger partial charge in [0.25, 0.3) is 0 Å². The van der Waals surface area contributed by atoms with Crippen molar-refractivity contribution in [1.82, 2.24) is 10.6 Å². The van der Waals surface area contributed by atoms with Crippen molar-refractivity contribution in [2.24, 2.45) is 5.92 Å². The van der Waals surface area contributed by atoms with Crippen LogP contribution in [-0.2, 0) is 11.2 Å². The Labute approximate surface area is 231 Å². The first kappa shape index (κ1) is 29.8. The molecule has 0 radical (unpaired) electrons. The van der Waals surface area contributed by atoms with Gasteiger partial charge in [-0.05, 0) is 67.9 Å². The van der Waals surface area contributed by atoms with Crippen LogP contribution in [0.25, 0.3) is 0 Å². The van der Waals surface area contributed by atoms with Crippen LogP contribution in [0.1, 0.15) is 74.0 Å². The zero-order chi connectivity index (χ0) is 27.3. The molecule has 0 aromatic heterocycles. The van der Waals surface area contributed by atoms with Crippen LogP contribution in [0.2, 0.25) is 0 Å². The molecular weight excluding hydrogens is 498 g/mol. The maximum atomic E-state index is 13.1. The number of piperidine rings is 1. The van der Waals surface area contributed by atoms with Crippen molar-refractivity contribution in [3.8, 4) is 5.75 Å². The summed E-state index contributed by atoms with van der Waals surface area (Å²) in [5.74, 6) is 2.06. The van der Waals surface area contributed by atoms with E-state index >= 15 is 0 Å². The Kier molecular flexibility index (Phi) is 12.3. The SMILES string of the molecule is C1CSCN1.CCOc1cc(CC(=O)N[C@@H](CC(C)C)c2ccccc2N2CCCCC2)ccc1C(=O)O. The fourth-order valence-corrected chi connectivity index (χ4v) is 5.58. The molecule has 2 fully saturated rings. The van der Waals surface area contributed by atoms with E-state index in [4.69, 9.17) is 4.74 Å². The lowest BCUT2D eigenvalue weighted by Gasteiger charge is -2.33. The molecule has 1 atom stereocenters. The first-order chi connectivity index (χ1) is 18.4. The van der Waals surface area contributed by atoms with Gasteiger partial charge in [0.05, 0.1) is 19.1 Å². The monoisotopic (exact) mass is 541 g/mol. The summed E-state index contributed by atoms with van der Waals surface area (Å²) in [6, 6.07) is 13.2. The van der Waals surface area contributed by atoms with Crippen molar-refractivity contribution in [1.29, 1.82) is 0 Å². The molecule has 2 aliphatic rings. The van der Waals surface area contributed by atoms with Crippen LogP contribution in [-0.4, -0.2) is 54.9 Å². The van der Waals surface area contributed by atoms with Crippen LogP contribution in [0.15, 0.2) is 42.5 Å². The molecule has 2 aromatic carbocycles. The summed E-state index contributed by atoms with van der Waals surface area (Å²) in [6.07, 6.45) is 4.68. The molecule has 2 aromatic rings. The molecule has 0 aliphatic carbocycles. The fraction of sp³-hybridized carbons (Fsp3) is 0.533. The van der Waals surface area contributed by atoms with Crippen molar-refractivity contribution in [2.45, 2.75) is 58.9 Å². The van der Waals surface area contributed by atoms with E-state index in [9.17, 15) is 14.7 Å². The molecule has 4 rings (SSSR count). The van der Waals surface area contributed by atoms with Gasteiger partial charge in [-0.25, -0.2) is 4.79 Å². The first-order valence-corrected chi connectivity index (χ1v) is 14.9. The lowest BCUT2D eigenvalue weighted by molar-refractivity contribution is -0.121. The van der Waals surface area contributed by atoms with Gasteiger partial charge in [0.1, 0.15) is 11.3 Å². The number of thioether (sulfide) groups is 1. The number of benzene rings is 2. The predicted molar refractivity (Wildman–Crippen MR) is 156 cm³/mol. The Balaban J connectivity index is 0.000000715. The largest absolute Gasteiger partial charge is 0.493 e. The van der Waals surface area contributed by atoms with Crippen LogP contribution < -0.4 is 20.3 Å². The van der Waals surface area contributed by atoms with E-state index in [2.05, 4.69) is 47.6 Å². The number of rotatable bonds is 10. The average Bonchev–Trinajstić information content (AvgIpc) is 3.49. The number of nitrogens with zero attached hydrogens (tertiary/aromatic N) is 1. The number of carboxylic acids is 1. The molecule has 8 heteroatoms. The van der Waals surface area contributed by atoms with Crippen molar-refractivity contribution in [2.75, 3.05) is 42.8 Å². The standard InChI is InChI=1S/C27H36N2O4.C3H7NS/c1-4-33-25-17-20(12-13-22(25)27(31)32)18-26(30)28-23(16-19(2)3)21-10-6-7-11-24(21)29-14-8-5-9-15-29;1-2-5-3-4-1/h6-7,10-13,17,19,23H,4-5,8-9,14-16,18H2,1-3H3,(H,28,30)(H,31,32);4H,1-3H2/t23-;/m0./s1. The molecule has 38 heavy (non-hydrogen) atoms. The highest BCUT2D eigenvalue weighted by Crippen LogP contribution is 2.32. The van der Waals surface area contributed by atoms with E-state index in [1.807, 2.05) is 17.8 Å². The normalized spacial score (nSPS) is 15.9. The zero-order valence-electron chi connectivity index (χ0n) is 23.0. The van der Waals surface area contributed by atoms with Crippen molar-refractivity contribution >= 4 is 29.3 Å². The van der Waals surface area contributed by atoms with Gasteiger partial charge in [-0.1, -0.05) is 38.1 Å². The number of carbonyl (C=O) groups excluding carboxylic acids is 1. The quantitative estimate of drug-likeness (QED) is 0.366. The number of anilines is 1. The molecule has 2 heterocycles. The minimum Gasteiger partial charge on any atom is -0.493 e. The Morgan fingerprint density at radius 3 is 2.50 bits per heavy atom. The van der Waals surface area contributed by atoms with Crippen LogP contribution in [0.3, 0.4) is 0 Å². The Hall–Kier alpha value is -2.71. The third-order valence-corrected chi connectivity index (χ3v) is 7.52. The average molecular weight is 542 g/mol. The van der Waals surface area contributed by atoms with Gasteiger partial charge in [0.2, 0.25) is 5.91 Å². The Morgan fingerprint density at radius 1 is 1.13 bits per heavy atom. The molecule has 2 saturated heterocycles. The number of carbonyl (C=O) groups is 2. The number of nitrogens with one attached hydrogen (secondary N) is 2. The van der Waals surface area contributed by atoms with Gasteiger partial charge in [-0.15, -0.1) is 11.8 Å². The highest BCUT2D eigenvalue weighted by atomic mass is 32.2. The minimum atomic E-state index is -1.04. The Bertz CT molecular complexity index is 1030. The molecule has 2 aliphatic heterocycles. The number of carboxylic acid groups (broad SMARTS) is 1. The van der Waals surface area contributed by atoms with Crippen LogP contribution >= 0.6 is 11.8 Å². The molecule has 7 nitrogen and oxygen atoms in total. The third-order valence-electron chi connectivity index (χ3n) is 6.62. The summed E-state index contributed by atoms with van der Waals surface area (Å²) < 4.78 is 5.49. The second kappa shape index (κ2) is 15.6. The smallest absolute Gasteiger partial charge is 0.339 e. The van der Waals surface area contributed by atoms with Gasteiger partial charge in [0.15, 0.2) is 0 Å². The first-order valence-electron chi connectivity index (χ1n) is 13.8. The summed E-state index contributed by atoms with van der Waals surface area (Å²) in [5.41, 5.74) is 3.22. The van der Waals surface area contributed by atoms with Crippen LogP contribution in [0.5, 0.6) is 5.75 Å². The molecule has 1 amide bonds. The lowest BCUT2D eigenvalue weighted by atomic mass is 9.94. The molecule has 0 unspecified atom stereocenters. The van der Waals surface area contributed by atoms with E-state index in [0.29, 0.717) is 18.3 Å². The molecule has 0 bridgehead atoms. The van der Waals surface area contributed by atoms with Gasteiger partial charge in [-0.3, -0.25) is 4.79 Å². The predicted octanol–water partition coefficient (Wildman–Crippen LogP) is 5.50. The maximum Gasteiger partial charge on any atom is 0.339 e. The van der Waals surface area contributed by atoms with Crippen LogP contribution in [0.4, 0.5) is 5.69 Å². The molecule has 0 saturated carbocycles. The summed E-state index contributed by atoms with van der Waals surface area (Å²) in [7, 11) is 0. The van der Waals surface area contributed by atoms with Gasteiger partial charge in [0, 0.05) is 37.0 Å². The summed E-state index contributed by atoms with van der Waals surface area (Å²) in [4.78, 5) is 26.9. The molecule has 208 valence electrons. The van der Waals surface area contributed by atoms with Gasteiger partial charge < -0.3 is 25.4 Å².